The molecule has 1 aliphatic carbocycles. The Morgan fingerprint density at radius 3 is 1.75 bits per heavy atom. The van der Waals surface area contributed by atoms with Gasteiger partial charge in [0.15, 0.2) is 0 Å². The Hall–Kier alpha value is -1.02. The smallest absolute Gasteiger partial charge is 0.346 e. The van der Waals surface area contributed by atoms with Gasteiger partial charge in [0.2, 0.25) is 0 Å². The molecule has 8 nitrogen and oxygen atoms in total. The summed E-state index contributed by atoms with van der Waals surface area (Å²) in [6.45, 7) is -1.98. The minimum absolute atomic E-state index is 0.0206. The van der Waals surface area contributed by atoms with E-state index in [4.69, 9.17) is 18.9 Å². The molecule has 4 atom stereocenters. The Morgan fingerprint density at radius 1 is 0.778 bits per heavy atom. The van der Waals surface area contributed by atoms with Crippen LogP contribution in [0.4, 0.5) is 44.0 Å². The summed E-state index contributed by atoms with van der Waals surface area (Å²) in [7, 11) is 0.585. The van der Waals surface area contributed by atoms with Gasteiger partial charge in [-0.05, 0) is 24.3 Å². The molecule has 0 N–H and O–H groups in total. The molecule has 216 valence electrons. The second-order valence-corrected chi connectivity index (χ2v) is 7.13. The predicted molar refractivity (Wildman–Crippen MR) is 95.1 cm³/mol. The molecule has 4 unspecified atom stereocenters. The van der Waals surface area contributed by atoms with Crippen molar-refractivity contribution in [1.29, 1.82) is 0 Å². The van der Waals surface area contributed by atoms with E-state index in [0.717, 1.165) is 6.92 Å². The normalized spacial score (nSPS) is 28.7. The Morgan fingerprint density at radius 2 is 1.36 bits per heavy atom. The van der Waals surface area contributed by atoms with Crippen LogP contribution in [-0.2, 0) is 38.1 Å². The molecule has 0 aromatic carbocycles. The summed E-state index contributed by atoms with van der Waals surface area (Å²) in [4.78, 5) is 2.92. The van der Waals surface area contributed by atoms with Gasteiger partial charge in [0.05, 0.1) is 13.2 Å². The Kier molecular flexibility index (Phi) is 11.2. The van der Waals surface area contributed by atoms with Crippen LogP contribution >= 0.6 is 0 Å². The third-order valence-electron chi connectivity index (χ3n) is 4.82. The summed E-state index contributed by atoms with van der Waals surface area (Å²) in [6.07, 6.45) is -16.9. The van der Waals surface area contributed by atoms with E-state index < -0.39 is 68.5 Å². The van der Waals surface area contributed by atoms with E-state index in [-0.39, 0.29) is 12.8 Å². The summed E-state index contributed by atoms with van der Waals surface area (Å²) in [5.41, 5.74) is -4.25. The van der Waals surface area contributed by atoms with Gasteiger partial charge in [0.25, 0.3) is 17.2 Å². The van der Waals surface area contributed by atoms with Gasteiger partial charge in [-0.1, -0.05) is 20.3 Å². The lowest BCUT2D eigenvalue weighted by Gasteiger charge is -2.39. The summed E-state index contributed by atoms with van der Waals surface area (Å²) in [5, 5.41) is 0. The van der Waals surface area contributed by atoms with E-state index in [1.165, 1.54) is 6.92 Å². The molecule has 0 saturated heterocycles. The number of ether oxygens (including phenoxy) is 7. The molecule has 0 bridgehead atoms. The minimum atomic E-state index is -6.27. The van der Waals surface area contributed by atoms with Gasteiger partial charge in [-0.15, -0.1) is 18.1 Å². The Labute approximate surface area is 198 Å². The lowest BCUT2D eigenvalue weighted by molar-refractivity contribution is -0.597. The Bertz CT molecular complexity index is 687. The summed E-state index contributed by atoms with van der Waals surface area (Å²) < 4.78 is 167. The third kappa shape index (κ3) is 5.69. The molecular formula is C18H26F10O8. The molecule has 0 radical (unpaired) electrons. The predicted octanol–water partition coefficient (Wildman–Crippen LogP) is 5.26. The maximum atomic E-state index is 14.0. The van der Waals surface area contributed by atoms with Crippen molar-refractivity contribution in [3.63, 3.8) is 0 Å². The van der Waals surface area contributed by atoms with Crippen molar-refractivity contribution < 1.29 is 82.1 Å². The van der Waals surface area contributed by atoms with Gasteiger partial charge in [-0.25, -0.2) is 13.5 Å². The summed E-state index contributed by atoms with van der Waals surface area (Å²) in [5.74, 6) is -12.0. The number of halogens is 10. The molecule has 1 rings (SSSR count). The molecule has 18 heteroatoms. The second-order valence-electron chi connectivity index (χ2n) is 7.13. The largest absolute Gasteiger partial charge is 0.526 e. The van der Waals surface area contributed by atoms with Gasteiger partial charge in [-0.3, -0.25) is 9.47 Å². The number of unbranched alkanes of at least 4 members (excludes halogenated alkanes) is 1. The number of alkyl halides is 9. The van der Waals surface area contributed by atoms with Gasteiger partial charge in [-0.2, -0.15) is 17.6 Å². The standard InChI is InChI=1S/C18H26F10O8/c1-5-8-10-32-16(31-9-6-2)14(33-12(21)22,15(16,29-4)30-7-3)17(36-28,35-18(25,26)27)34-13(23,24)11(19)20/h11-12H,5-10H2,1-4H3. The van der Waals surface area contributed by atoms with Crippen molar-refractivity contribution in [2.24, 2.45) is 0 Å². The first-order chi connectivity index (χ1) is 16.6. The third-order valence-corrected chi connectivity index (χ3v) is 4.82. The van der Waals surface area contributed by atoms with Gasteiger partial charge in [0, 0.05) is 13.7 Å². The van der Waals surface area contributed by atoms with Crippen LogP contribution in [0.2, 0.25) is 0 Å². The zero-order valence-electron chi connectivity index (χ0n) is 19.4. The quantitative estimate of drug-likeness (QED) is 0.128. The van der Waals surface area contributed by atoms with Crippen LogP contribution in [0.15, 0.2) is 0 Å². The van der Waals surface area contributed by atoms with Crippen LogP contribution < -0.4 is 0 Å². The first-order valence-electron chi connectivity index (χ1n) is 10.4. The number of hydrogen-bond acceptors (Lipinski definition) is 8. The minimum Gasteiger partial charge on any atom is -0.346 e. The molecule has 36 heavy (non-hydrogen) atoms. The molecule has 1 saturated carbocycles. The monoisotopic (exact) mass is 560 g/mol. The van der Waals surface area contributed by atoms with E-state index in [9.17, 15) is 44.0 Å². The second kappa shape index (κ2) is 12.2. The van der Waals surface area contributed by atoms with Crippen LogP contribution in [0.3, 0.4) is 0 Å². The fourth-order valence-corrected chi connectivity index (χ4v) is 3.60. The first kappa shape index (κ1) is 33.0. The fraction of sp³-hybridized carbons (Fsp3) is 1.00. The lowest BCUT2D eigenvalue weighted by atomic mass is 10.2. The molecule has 0 spiro atoms. The highest BCUT2D eigenvalue weighted by Crippen LogP contribution is 2.73. The average Bonchev–Trinajstić information content (AvgIpc) is 3.25. The number of rotatable bonds is 18. The molecule has 0 heterocycles. The molecule has 0 amide bonds. The number of hydrogen-bond donors (Lipinski definition) is 0. The van der Waals surface area contributed by atoms with E-state index in [1.54, 1.807) is 6.92 Å². The van der Waals surface area contributed by atoms with E-state index in [1.807, 2.05) is 0 Å². The van der Waals surface area contributed by atoms with E-state index in [2.05, 4.69) is 19.2 Å². The molecule has 0 aliphatic heterocycles. The zero-order chi connectivity index (χ0) is 28.1. The average molecular weight is 560 g/mol. The lowest BCUT2D eigenvalue weighted by Crippen LogP contribution is -2.64. The van der Waals surface area contributed by atoms with Crippen molar-refractivity contribution >= 4 is 0 Å². The van der Waals surface area contributed by atoms with Crippen LogP contribution in [0.5, 0.6) is 0 Å². The molecular weight excluding hydrogens is 534 g/mol. The zero-order valence-corrected chi connectivity index (χ0v) is 19.4. The molecule has 0 aromatic heterocycles. The fourth-order valence-electron chi connectivity index (χ4n) is 3.60. The van der Waals surface area contributed by atoms with Gasteiger partial charge in [0.1, 0.15) is 0 Å². The van der Waals surface area contributed by atoms with E-state index >= 15 is 0 Å². The highest BCUT2D eigenvalue weighted by Gasteiger charge is 3.06. The maximum absolute atomic E-state index is 14.0. The molecule has 1 aliphatic rings. The van der Waals surface area contributed by atoms with Gasteiger partial charge >= 0.3 is 31.5 Å². The van der Waals surface area contributed by atoms with Crippen LogP contribution in [0, 0.1) is 0 Å². The van der Waals surface area contributed by atoms with Crippen molar-refractivity contribution in [1.82, 2.24) is 0 Å². The van der Waals surface area contributed by atoms with Crippen molar-refractivity contribution in [3.05, 3.63) is 0 Å². The molecule has 0 aromatic rings. The Balaban J connectivity index is 4.11. The van der Waals surface area contributed by atoms with Crippen molar-refractivity contribution in [3.8, 4) is 0 Å². The maximum Gasteiger partial charge on any atom is 0.526 e. The van der Waals surface area contributed by atoms with Crippen molar-refractivity contribution in [2.75, 3.05) is 26.9 Å². The summed E-state index contributed by atoms with van der Waals surface area (Å²) in [6, 6.07) is 0. The topological polar surface area (TPSA) is 73.8 Å². The van der Waals surface area contributed by atoms with Crippen LogP contribution in [-0.4, -0.2) is 75.6 Å². The summed E-state index contributed by atoms with van der Waals surface area (Å²) >= 11 is 0. The van der Waals surface area contributed by atoms with Gasteiger partial charge < -0.3 is 18.9 Å². The van der Waals surface area contributed by atoms with Crippen LogP contribution in [0.25, 0.3) is 0 Å². The SMILES string of the molecule is CCCCOC1(OCCC)C(OC)(OCC)C1(OC(F)F)C(OF)(OC(F)(F)F)OC(F)(F)C(F)F. The molecule has 1 fully saturated rings. The van der Waals surface area contributed by atoms with Crippen molar-refractivity contribution in [2.45, 2.75) is 88.7 Å². The highest BCUT2D eigenvalue weighted by molar-refractivity contribution is 5.36. The first-order valence-corrected chi connectivity index (χ1v) is 10.4. The highest BCUT2D eigenvalue weighted by atomic mass is 19.4. The number of methoxy groups -OCH3 is 1. The van der Waals surface area contributed by atoms with Crippen LogP contribution in [0.1, 0.15) is 40.0 Å². The van der Waals surface area contributed by atoms with E-state index in [0.29, 0.717) is 13.5 Å².